The van der Waals surface area contributed by atoms with Gasteiger partial charge in [0.15, 0.2) is 6.67 Å². The number of imide groups is 1. The first-order valence-electron chi connectivity index (χ1n) is 8.26. The lowest BCUT2D eigenvalue weighted by atomic mass is 9.92. The number of halogens is 2. The molecule has 26 heavy (non-hydrogen) atoms. The second-order valence-corrected chi connectivity index (χ2v) is 7.51. The van der Waals surface area contributed by atoms with E-state index >= 15 is 0 Å². The molecule has 7 heteroatoms. The molecule has 1 fully saturated rings. The van der Waals surface area contributed by atoms with Gasteiger partial charge in [0.1, 0.15) is 12.1 Å². The molecule has 1 aliphatic heterocycles. The predicted molar refractivity (Wildman–Crippen MR) is 101 cm³/mol. The summed E-state index contributed by atoms with van der Waals surface area (Å²) in [6.45, 7) is 2.60. The van der Waals surface area contributed by atoms with Crippen molar-refractivity contribution < 1.29 is 14.5 Å². The van der Waals surface area contributed by atoms with Crippen LogP contribution in [0.3, 0.4) is 0 Å². The highest BCUT2D eigenvalue weighted by molar-refractivity contribution is 6.42. The van der Waals surface area contributed by atoms with Crippen molar-refractivity contribution in [2.75, 3.05) is 13.7 Å². The number of quaternary nitrogens is 1. The number of rotatable bonds is 5. The van der Waals surface area contributed by atoms with Crippen LogP contribution in [0.2, 0.25) is 10.0 Å². The van der Waals surface area contributed by atoms with Crippen LogP contribution in [-0.2, 0) is 16.9 Å². The average molecular weight is 393 g/mol. The molecule has 2 N–H and O–H groups in total. The minimum Gasteiger partial charge on any atom is -0.319 e. The molecule has 3 amide bonds. The van der Waals surface area contributed by atoms with Crippen LogP contribution in [0.4, 0.5) is 4.79 Å². The fourth-order valence-corrected chi connectivity index (χ4v) is 3.45. The molecule has 1 heterocycles. The van der Waals surface area contributed by atoms with Gasteiger partial charge in [0.25, 0.3) is 5.91 Å². The Hall–Kier alpha value is -2.08. The van der Waals surface area contributed by atoms with Crippen LogP contribution in [0, 0.1) is 0 Å². The summed E-state index contributed by atoms with van der Waals surface area (Å²) in [6.07, 6.45) is 0. The minimum absolute atomic E-state index is 0.248. The van der Waals surface area contributed by atoms with Crippen molar-refractivity contribution in [3.05, 3.63) is 69.7 Å². The first-order valence-corrected chi connectivity index (χ1v) is 9.01. The van der Waals surface area contributed by atoms with Gasteiger partial charge in [-0.05, 0) is 24.6 Å². The number of nitrogens with zero attached hydrogens (tertiary/aromatic N) is 1. The average Bonchev–Trinajstić information content (AvgIpc) is 2.83. The monoisotopic (exact) mass is 392 g/mol. The smallest absolute Gasteiger partial charge is 0.319 e. The highest BCUT2D eigenvalue weighted by Gasteiger charge is 2.49. The van der Waals surface area contributed by atoms with Gasteiger partial charge in [0.05, 0.1) is 17.1 Å². The third-order valence-corrected chi connectivity index (χ3v) is 5.28. The lowest BCUT2D eigenvalue weighted by Gasteiger charge is -2.23. The molecule has 1 aliphatic rings. The van der Waals surface area contributed by atoms with Gasteiger partial charge in [-0.1, -0.05) is 59.6 Å². The summed E-state index contributed by atoms with van der Waals surface area (Å²) >= 11 is 12.0. The number of urea groups is 1. The van der Waals surface area contributed by atoms with Crippen LogP contribution < -0.4 is 10.2 Å². The molecule has 0 spiro atoms. The van der Waals surface area contributed by atoms with E-state index in [2.05, 4.69) is 5.32 Å². The van der Waals surface area contributed by atoms with Gasteiger partial charge in [-0.3, -0.25) is 4.79 Å². The van der Waals surface area contributed by atoms with Gasteiger partial charge in [0, 0.05) is 5.56 Å². The van der Waals surface area contributed by atoms with Crippen molar-refractivity contribution in [1.29, 1.82) is 0 Å². The summed E-state index contributed by atoms with van der Waals surface area (Å²) in [5, 5.41) is 3.81. The Morgan fingerprint density at radius 2 is 1.77 bits per heavy atom. The Morgan fingerprint density at radius 3 is 2.42 bits per heavy atom. The van der Waals surface area contributed by atoms with E-state index in [0.29, 0.717) is 16.6 Å². The molecule has 2 aromatic carbocycles. The summed E-state index contributed by atoms with van der Waals surface area (Å²) in [4.78, 5) is 27.6. The number of nitrogens with one attached hydrogen (secondary N) is 2. The third-order valence-electron chi connectivity index (χ3n) is 4.54. The summed E-state index contributed by atoms with van der Waals surface area (Å²) in [5.41, 5.74) is 0.708. The quantitative estimate of drug-likeness (QED) is 0.767. The SMILES string of the molecule is C[NH+](Cc1ccc(Cl)c(Cl)c1)CN1C(=O)N[C@](C)(c2ccccc2)C1=O. The van der Waals surface area contributed by atoms with Gasteiger partial charge in [-0.2, -0.15) is 0 Å². The lowest BCUT2D eigenvalue weighted by molar-refractivity contribution is -0.901. The molecule has 5 nitrogen and oxygen atoms in total. The van der Waals surface area contributed by atoms with Gasteiger partial charge in [0.2, 0.25) is 0 Å². The second kappa shape index (κ2) is 7.27. The topological polar surface area (TPSA) is 53.9 Å². The number of carbonyl (C=O) groups is 2. The third kappa shape index (κ3) is 3.56. The predicted octanol–water partition coefficient (Wildman–Crippen LogP) is 2.43. The highest BCUT2D eigenvalue weighted by Crippen LogP contribution is 2.28. The van der Waals surface area contributed by atoms with Crippen molar-refractivity contribution in [2.45, 2.75) is 19.0 Å². The molecule has 1 unspecified atom stereocenters. The minimum atomic E-state index is -1.04. The van der Waals surface area contributed by atoms with Gasteiger partial charge >= 0.3 is 6.03 Å². The number of hydrogen-bond donors (Lipinski definition) is 2. The maximum Gasteiger partial charge on any atom is 0.329 e. The van der Waals surface area contributed by atoms with E-state index in [-0.39, 0.29) is 18.6 Å². The van der Waals surface area contributed by atoms with Crippen LogP contribution in [0.5, 0.6) is 0 Å². The first-order chi connectivity index (χ1) is 12.3. The zero-order valence-corrected chi connectivity index (χ0v) is 16.1. The summed E-state index contributed by atoms with van der Waals surface area (Å²) in [6, 6.07) is 14.3. The van der Waals surface area contributed by atoms with Crippen molar-refractivity contribution >= 4 is 35.1 Å². The molecule has 0 bridgehead atoms. The van der Waals surface area contributed by atoms with Crippen molar-refractivity contribution in [3.63, 3.8) is 0 Å². The molecule has 2 aromatic rings. The number of hydrogen-bond acceptors (Lipinski definition) is 2. The Labute approximate surface area is 162 Å². The molecule has 3 rings (SSSR count). The summed E-state index contributed by atoms with van der Waals surface area (Å²) in [5.74, 6) is -0.248. The van der Waals surface area contributed by atoms with Crippen LogP contribution >= 0.6 is 23.2 Å². The molecular weight excluding hydrogens is 373 g/mol. The Bertz CT molecular complexity index is 844. The zero-order chi connectivity index (χ0) is 18.9. The Kier molecular flexibility index (Phi) is 5.23. The molecular formula is C19H20Cl2N3O2+. The van der Waals surface area contributed by atoms with Gasteiger partial charge in [-0.25, -0.2) is 9.69 Å². The number of amides is 3. The molecule has 2 atom stereocenters. The van der Waals surface area contributed by atoms with Crippen molar-refractivity contribution in [1.82, 2.24) is 10.2 Å². The van der Waals surface area contributed by atoms with Crippen LogP contribution in [0.15, 0.2) is 48.5 Å². The van der Waals surface area contributed by atoms with E-state index in [1.165, 1.54) is 4.90 Å². The van der Waals surface area contributed by atoms with E-state index in [4.69, 9.17) is 23.2 Å². The largest absolute Gasteiger partial charge is 0.329 e. The van der Waals surface area contributed by atoms with Crippen LogP contribution in [0.1, 0.15) is 18.1 Å². The van der Waals surface area contributed by atoms with Crippen molar-refractivity contribution in [2.24, 2.45) is 0 Å². The fourth-order valence-electron chi connectivity index (χ4n) is 3.13. The normalized spacial score (nSPS) is 21.0. The van der Waals surface area contributed by atoms with Gasteiger partial charge < -0.3 is 10.2 Å². The molecule has 136 valence electrons. The molecule has 1 saturated heterocycles. The highest BCUT2D eigenvalue weighted by atomic mass is 35.5. The van der Waals surface area contributed by atoms with E-state index in [1.807, 2.05) is 43.4 Å². The molecule has 0 aromatic heterocycles. The second-order valence-electron chi connectivity index (χ2n) is 6.69. The van der Waals surface area contributed by atoms with Crippen LogP contribution in [-0.4, -0.2) is 30.6 Å². The molecule has 0 aliphatic carbocycles. The fraction of sp³-hybridized carbons (Fsp3) is 0.263. The number of carbonyl (C=O) groups excluding carboxylic acids is 2. The standard InChI is InChI=1S/C19H19Cl2N3O2/c1-19(14-6-4-3-5-7-14)17(25)24(18(26)22-19)12-23(2)11-13-8-9-15(20)16(21)10-13/h3-10H,11-12H2,1-2H3,(H,22,26)/p+1/t19-/m1/s1. The maximum atomic E-state index is 12.9. The molecule has 0 radical (unpaired) electrons. The van der Waals surface area contributed by atoms with E-state index in [1.54, 1.807) is 19.1 Å². The van der Waals surface area contributed by atoms with E-state index in [0.717, 1.165) is 16.0 Å². The Morgan fingerprint density at radius 1 is 1.08 bits per heavy atom. The van der Waals surface area contributed by atoms with E-state index < -0.39 is 5.54 Å². The lowest BCUT2D eigenvalue weighted by Crippen LogP contribution is -3.09. The summed E-state index contributed by atoms with van der Waals surface area (Å²) in [7, 11) is 1.92. The van der Waals surface area contributed by atoms with Crippen molar-refractivity contribution in [3.8, 4) is 0 Å². The Balaban J connectivity index is 1.72. The zero-order valence-electron chi connectivity index (χ0n) is 14.6. The van der Waals surface area contributed by atoms with Crippen LogP contribution in [0.25, 0.3) is 0 Å². The van der Waals surface area contributed by atoms with Gasteiger partial charge in [-0.15, -0.1) is 0 Å². The summed E-state index contributed by atoms with van der Waals surface area (Å²) < 4.78 is 0. The first kappa shape index (κ1) is 18.7. The molecule has 0 saturated carbocycles. The maximum absolute atomic E-state index is 12.9. The van der Waals surface area contributed by atoms with E-state index in [9.17, 15) is 9.59 Å². The number of benzene rings is 2.